The lowest BCUT2D eigenvalue weighted by atomic mass is 9.92. The predicted molar refractivity (Wildman–Crippen MR) is 97.2 cm³/mol. The number of likely N-dealkylation sites (tertiary alicyclic amines) is 1. The van der Waals surface area contributed by atoms with Crippen LogP contribution in [0.2, 0.25) is 5.02 Å². The van der Waals surface area contributed by atoms with E-state index in [0.717, 1.165) is 39.0 Å². The first-order valence-corrected chi connectivity index (χ1v) is 9.36. The number of rotatable bonds is 2. The van der Waals surface area contributed by atoms with Gasteiger partial charge in [-0.1, -0.05) is 11.6 Å². The van der Waals surface area contributed by atoms with Gasteiger partial charge in [-0.3, -0.25) is 9.69 Å². The van der Waals surface area contributed by atoms with Crippen molar-refractivity contribution in [1.82, 2.24) is 15.5 Å². The zero-order valence-corrected chi connectivity index (χ0v) is 14.9. The number of urea groups is 1. The number of benzene rings is 1. The third-order valence-electron chi connectivity index (χ3n) is 5.65. The molecule has 3 aliphatic rings. The molecule has 3 saturated heterocycles. The first-order chi connectivity index (χ1) is 12.1. The largest absolute Gasteiger partial charge is 0.339 e. The molecule has 3 aliphatic heterocycles. The SMILES string of the molecule is O=C(c1ccc(Cl)c(N2CCNC2=O)c1)N1CC[C@@H]2CNC[C@@H]2CC1. The highest BCUT2D eigenvalue weighted by Gasteiger charge is 2.32. The molecule has 1 aromatic carbocycles. The lowest BCUT2D eigenvalue weighted by Gasteiger charge is -2.22. The first kappa shape index (κ1) is 16.7. The van der Waals surface area contributed by atoms with Crippen molar-refractivity contribution >= 4 is 29.2 Å². The summed E-state index contributed by atoms with van der Waals surface area (Å²) in [7, 11) is 0. The summed E-state index contributed by atoms with van der Waals surface area (Å²) in [5.41, 5.74) is 1.21. The van der Waals surface area contributed by atoms with E-state index in [1.54, 1.807) is 23.1 Å². The Hall–Kier alpha value is -1.79. The van der Waals surface area contributed by atoms with E-state index in [4.69, 9.17) is 11.6 Å². The molecule has 0 unspecified atom stereocenters. The molecule has 0 aliphatic carbocycles. The van der Waals surface area contributed by atoms with Gasteiger partial charge in [0, 0.05) is 31.7 Å². The molecule has 1 aromatic rings. The number of fused-ring (bicyclic) bond motifs is 1. The molecule has 7 heteroatoms. The minimum absolute atomic E-state index is 0.0328. The fourth-order valence-corrected chi connectivity index (χ4v) is 4.38. The fourth-order valence-electron chi connectivity index (χ4n) is 4.16. The summed E-state index contributed by atoms with van der Waals surface area (Å²) in [5, 5.41) is 6.71. The number of hydrogen-bond donors (Lipinski definition) is 2. The van der Waals surface area contributed by atoms with E-state index in [0.29, 0.717) is 41.2 Å². The van der Waals surface area contributed by atoms with Gasteiger partial charge in [0.1, 0.15) is 0 Å². The maximum absolute atomic E-state index is 13.0. The number of nitrogens with one attached hydrogen (secondary N) is 2. The van der Waals surface area contributed by atoms with Crippen molar-refractivity contribution in [3.05, 3.63) is 28.8 Å². The van der Waals surface area contributed by atoms with Gasteiger partial charge in [0.05, 0.1) is 10.7 Å². The van der Waals surface area contributed by atoms with E-state index in [2.05, 4.69) is 10.6 Å². The lowest BCUT2D eigenvalue weighted by molar-refractivity contribution is 0.0758. The molecule has 134 valence electrons. The summed E-state index contributed by atoms with van der Waals surface area (Å²) < 4.78 is 0. The van der Waals surface area contributed by atoms with E-state index in [1.165, 1.54) is 0 Å². The zero-order valence-electron chi connectivity index (χ0n) is 14.1. The monoisotopic (exact) mass is 362 g/mol. The van der Waals surface area contributed by atoms with Crippen molar-refractivity contribution in [2.24, 2.45) is 11.8 Å². The summed E-state index contributed by atoms with van der Waals surface area (Å²) in [6.45, 7) is 4.89. The quantitative estimate of drug-likeness (QED) is 0.845. The highest BCUT2D eigenvalue weighted by molar-refractivity contribution is 6.34. The van der Waals surface area contributed by atoms with Gasteiger partial charge >= 0.3 is 6.03 Å². The second kappa shape index (κ2) is 6.84. The molecule has 6 nitrogen and oxygen atoms in total. The molecule has 3 fully saturated rings. The fraction of sp³-hybridized carbons (Fsp3) is 0.556. The van der Waals surface area contributed by atoms with Crippen LogP contribution in [0, 0.1) is 11.8 Å². The number of halogens is 1. The van der Waals surface area contributed by atoms with Gasteiger partial charge in [0.25, 0.3) is 5.91 Å². The number of nitrogens with zero attached hydrogens (tertiary/aromatic N) is 2. The topological polar surface area (TPSA) is 64.7 Å². The van der Waals surface area contributed by atoms with Gasteiger partial charge in [-0.2, -0.15) is 0 Å². The van der Waals surface area contributed by atoms with Crippen molar-refractivity contribution < 1.29 is 9.59 Å². The molecule has 25 heavy (non-hydrogen) atoms. The van der Waals surface area contributed by atoms with Gasteiger partial charge in [-0.25, -0.2) is 4.79 Å². The molecule has 2 atom stereocenters. The van der Waals surface area contributed by atoms with E-state index >= 15 is 0 Å². The molecular weight excluding hydrogens is 340 g/mol. The van der Waals surface area contributed by atoms with Crippen LogP contribution < -0.4 is 15.5 Å². The van der Waals surface area contributed by atoms with Crippen LogP contribution in [0.4, 0.5) is 10.5 Å². The highest BCUT2D eigenvalue weighted by Crippen LogP contribution is 2.30. The first-order valence-electron chi connectivity index (χ1n) is 8.98. The molecule has 0 aromatic heterocycles. The number of carbonyl (C=O) groups excluding carboxylic acids is 2. The van der Waals surface area contributed by atoms with Crippen molar-refractivity contribution in [2.75, 3.05) is 44.2 Å². The van der Waals surface area contributed by atoms with Crippen molar-refractivity contribution in [3.63, 3.8) is 0 Å². The third-order valence-corrected chi connectivity index (χ3v) is 5.97. The third kappa shape index (κ3) is 3.20. The highest BCUT2D eigenvalue weighted by atomic mass is 35.5. The Morgan fingerprint density at radius 2 is 1.84 bits per heavy atom. The van der Waals surface area contributed by atoms with Crippen molar-refractivity contribution in [2.45, 2.75) is 12.8 Å². The van der Waals surface area contributed by atoms with Gasteiger partial charge in [0.15, 0.2) is 0 Å². The van der Waals surface area contributed by atoms with Crippen LogP contribution in [0.1, 0.15) is 23.2 Å². The van der Waals surface area contributed by atoms with Gasteiger partial charge in [0.2, 0.25) is 0 Å². The van der Waals surface area contributed by atoms with E-state index in [-0.39, 0.29) is 11.9 Å². The summed E-state index contributed by atoms with van der Waals surface area (Å²) in [4.78, 5) is 28.5. The Kier molecular flexibility index (Phi) is 4.56. The second-order valence-electron chi connectivity index (χ2n) is 7.10. The molecule has 0 bridgehead atoms. The number of anilines is 1. The van der Waals surface area contributed by atoms with Crippen LogP contribution in [0.5, 0.6) is 0 Å². The summed E-state index contributed by atoms with van der Waals surface area (Å²) in [6, 6.07) is 5.06. The molecule has 4 rings (SSSR count). The summed E-state index contributed by atoms with van der Waals surface area (Å²) in [6.07, 6.45) is 2.11. The Morgan fingerprint density at radius 3 is 2.48 bits per heavy atom. The van der Waals surface area contributed by atoms with Crippen LogP contribution in [-0.4, -0.2) is 56.1 Å². The second-order valence-corrected chi connectivity index (χ2v) is 7.50. The summed E-state index contributed by atoms with van der Waals surface area (Å²) >= 11 is 6.27. The van der Waals surface area contributed by atoms with Crippen LogP contribution in [0.25, 0.3) is 0 Å². The molecule has 0 saturated carbocycles. The van der Waals surface area contributed by atoms with Crippen LogP contribution in [0.3, 0.4) is 0 Å². The van der Waals surface area contributed by atoms with Crippen molar-refractivity contribution in [3.8, 4) is 0 Å². The normalized spacial score (nSPS) is 26.4. The molecular formula is C18H23ClN4O2. The molecule has 3 heterocycles. The van der Waals surface area contributed by atoms with Crippen molar-refractivity contribution in [1.29, 1.82) is 0 Å². The average Bonchev–Trinajstić information content (AvgIpc) is 3.19. The van der Waals surface area contributed by atoms with Gasteiger partial charge in [-0.15, -0.1) is 0 Å². The molecule has 3 amide bonds. The Labute approximate surface area is 152 Å². The molecule has 2 N–H and O–H groups in total. The van der Waals surface area contributed by atoms with Crippen LogP contribution >= 0.6 is 11.6 Å². The predicted octanol–water partition coefficient (Wildman–Crippen LogP) is 1.94. The summed E-state index contributed by atoms with van der Waals surface area (Å²) in [5.74, 6) is 1.41. The van der Waals surface area contributed by atoms with Gasteiger partial charge < -0.3 is 15.5 Å². The van der Waals surface area contributed by atoms with Crippen LogP contribution in [0.15, 0.2) is 18.2 Å². The molecule has 0 spiro atoms. The zero-order chi connectivity index (χ0) is 17.4. The Morgan fingerprint density at radius 1 is 1.12 bits per heavy atom. The molecule has 0 radical (unpaired) electrons. The smallest absolute Gasteiger partial charge is 0.322 e. The minimum atomic E-state index is -0.165. The van der Waals surface area contributed by atoms with Crippen LogP contribution in [-0.2, 0) is 0 Å². The van der Waals surface area contributed by atoms with E-state index < -0.39 is 0 Å². The van der Waals surface area contributed by atoms with Gasteiger partial charge in [-0.05, 0) is 56.0 Å². The maximum Gasteiger partial charge on any atom is 0.322 e. The van der Waals surface area contributed by atoms with E-state index in [9.17, 15) is 9.59 Å². The number of amides is 3. The Bertz CT molecular complexity index is 682. The lowest BCUT2D eigenvalue weighted by Crippen LogP contribution is -2.33. The maximum atomic E-state index is 13.0. The number of carbonyl (C=O) groups is 2. The minimum Gasteiger partial charge on any atom is -0.339 e. The number of hydrogen-bond acceptors (Lipinski definition) is 3. The standard InChI is InChI=1S/C18H23ClN4O2/c19-15-2-1-12(9-16(15)23-8-5-21-18(23)25)17(24)22-6-3-13-10-20-11-14(13)4-7-22/h1-2,9,13-14,20H,3-8,10-11H2,(H,21,25)/t13-,14+. The average molecular weight is 363 g/mol. The Balaban J connectivity index is 1.53. The van der Waals surface area contributed by atoms with E-state index in [1.807, 2.05) is 4.90 Å².